The monoisotopic (exact) mass is 302 g/mol. The molecule has 0 spiro atoms. The highest BCUT2D eigenvalue weighted by Gasteiger charge is 2.27. The second kappa shape index (κ2) is 5.63. The minimum Gasteiger partial charge on any atom is -0.298 e. The molecule has 1 heterocycles. The van der Waals surface area contributed by atoms with Crippen molar-refractivity contribution in [1.82, 2.24) is 0 Å². The van der Waals surface area contributed by atoms with Gasteiger partial charge < -0.3 is 0 Å². The molecule has 2 aromatic carbocycles. The van der Waals surface area contributed by atoms with Gasteiger partial charge in [-0.05, 0) is 42.2 Å². The second-order valence-corrected chi connectivity index (χ2v) is 6.81. The number of carbonyl (C=O) groups is 1. The van der Waals surface area contributed by atoms with Crippen LogP contribution in [0.3, 0.4) is 0 Å². The molecule has 1 atom stereocenters. The number of Topliss-reactive ketones (excluding diaryl/α,β-unsaturated/α-hetero) is 1. The fraction of sp³-hybridized carbons (Fsp3) is 0.235. The van der Waals surface area contributed by atoms with Crippen LogP contribution < -0.4 is 0 Å². The second-order valence-electron chi connectivity index (χ2n) is 5.16. The van der Waals surface area contributed by atoms with Gasteiger partial charge in [0.05, 0.1) is 5.25 Å². The van der Waals surface area contributed by atoms with Crippen molar-refractivity contribution in [3.63, 3.8) is 0 Å². The molecule has 102 valence electrons. The maximum Gasteiger partial charge on any atom is 0.150 e. The highest BCUT2D eigenvalue weighted by atomic mass is 35.5. The summed E-state index contributed by atoms with van der Waals surface area (Å²) < 4.78 is 0. The van der Waals surface area contributed by atoms with Crippen LogP contribution in [0.4, 0.5) is 0 Å². The predicted molar refractivity (Wildman–Crippen MR) is 84.7 cm³/mol. The van der Waals surface area contributed by atoms with Crippen LogP contribution in [0.15, 0.2) is 47.4 Å². The molecule has 0 amide bonds. The lowest BCUT2D eigenvalue weighted by atomic mass is 10.0. The van der Waals surface area contributed by atoms with Gasteiger partial charge in [-0.2, -0.15) is 0 Å². The van der Waals surface area contributed by atoms with Crippen molar-refractivity contribution in [2.75, 3.05) is 0 Å². The highest BCUT2D eigenvalue weighted by Crippen LogP contribution is 2.37. The minimum atomic E-state index is 0.0322. The number of ketones is 1. The molecule has 0 N–H and O–H groups in total. The summed E-state index contributed by atoms with van der Waals surface area (Å²) in [6.07, 6.45) is 1.26. The SMILES string of the molecule is Cc1ccc(CC(=O)C2Cc3ccccc3S2)c(Cl)c1. The zero-order valence-corrected chi connectivity index (χ0v) is 12.8. The van der Waals surface area contributed by atoms with E-state index in [0.717, 1.165) is 17.5 Å². The zero-order valence-electron chi connectivity index (χ0n) is 11.2. The lowest BCUT2D eigenvalue weighted by Crippen LogP contribution is -2.18. The molecule has 0 radical (unpaired) electrons. The molecule has 0 aliphatic carbocycles. The van der Waals surface area contributed by atoms with Gasteiger partial charge in [0.1, 0.15) is 0 Å². The standard InChI is InChI=1S/C17H15ClOS/c1-11-6-7-12(14(18)8-11)9-15(19)17-10-13-4-2-3-5-16(13)20-17/h2-8,17H,9-10H2,1H3. The molecule has 2 aromatic rings. The van der Waals surface area contributed by atoms with E-state index in [-0.39, 0.29) is 11.0 Å². The van der Waals surface area contributed by atoms with E-state index in [1.54, 1.807) is 11.8 Å². The lowest BCUT2D eigenvalue weighted by molar-refractivity contribution is -0.117. The normalized spacial score (nSPS) is 17.0. The third kappa shape index (κ3) is 2.77. The van der Waals surface area contributed by atoms with Gasteiger partial charge in [-0.1, -0.05) is 41.9 Å². The van der Waals surface area contributed by atoms with Crippen LogP contribution >= 0.6 is 23.4 Å². The van der Waals surface area contributed by atoms with E-state index < -0.39 is 0 Å². The predicted octanol–water partition coefficient (Wildman–Crippen LogP) is 4.48. The summed E-state index contributed by atoms with van der Waals surface area (Å²) in [6.45, 7) is 2.00. The first-order chi connectivity index (χ1) is 9.63. The summed E-state index contributed by atoms with van der Waals surface area (Å²) in [4.78, 5) is 13.7. The number of hydrogen-bond donors (Lipinski definition) is 0. The van der Waals surface area contributed by atoms with Crippen LogP contribution in [-0.4, -0.2) is 11.0 Å². The van der Waals surface area contributed by atoms with Crippen LogP contribution in [0.1, 0.15) is 16.7 Å². The molecule has 0 aromatic heterocycles. The molecule has 0 bridgehead atoms. The van der Waals surface area contributed by atoms with E-state index in [4.69, 9.17) is 11.6 Å². The Labute approximate surface area is 128 Å². The van der Waals surface area contributed by atoms with Gasteiger partial charge in [-0.3, -0.25) is 4.79 Å². The van der Waals surface area contributed by atoms with Gasteiger partial charge in [-0.25, -0.2) is 0 Å². The number of hydrogen-bond acceptors (Lipinski definition) is 2. The van der Waals surface area contributed by atoms with E-state index in [1.165, 1.54) is 10.5 Å². The minimum absolute atomic E-state index is 0.0322. The number of halogens is 1. The van der Waals surface area contributed by atoms with Crippen LogP contribution in [0.25, 0.3) is 0 Å². The quantitative estimate of drug-likeness (QED) is 0.831. The van der Waals surface area contributed by atoms with Crippen LogP contribution in [-0.2, 0) is 17.6 Å². The Balaban J connectivity index is 1.72. The van der Waals surface area contributed by atoms with E-state index in [9.17, 15) is 4.79 Å². The Morgan fingerprint density at radius 3 is 2.85 bits per heavy atom. The van der Waals surface area contributed by atoms with Crippen molar-refractivity contribution in [3.05, 3.63) is 64.2 Å². The molecule has 3 heteroatoms. The van der Waals surface area contributed by atoms with Gasteiger partial charge in [0.2, 0.25) is 0 Å². The lowest BCUT2D eigenvalue weighted by Gasteiger charge is -2.09. The van der Waals surface area contributed by atoms with Crippen molar-refractivity contribution in [3.8, 4) is 0 Å². The Kier molecular flexibility index (Phi) is 3.86. The first-order valence-corrected chi connectivity index (χ1v) is 7.91. The van der Waals surface area contributed by atoms with Gasteiger partial charge >= 0.3 is 0 Å². The van der Waals surface area contributed by atoms with Crippen LogP contribution in [0.2, 0.25) is 5.02 Å². The average Bonchev–Trinajstić information content (AvgIpc) is 2.86. The molecule has 1 unspecified atom stereocenters. The maximum atomic E-state index is 12.4. The number of carbonyl (C=O) groups excluding carboxylic acids is 1. The topological polar surface area (TPSA) is 17.1 Å². The van der Waals surface area contributed by atoms with Crippen molar-refractivity contribution < 1.29 is 4.79 Å². The molecule has 1 aliphatic heterocycles. The molecular weight excluding hydrogens is 288 g/mol. The molecule has 20 heavy (non-hydrogen) atoms. The van der Waals surface area contributed by atoms with E-state index in [1.807, 2.05) is 37.3 Å². The molecule has 1 aliphatic rings. The van der Waals surface area contributed by atoms with Crippen LogP contribution in [0, 0.1) is 6.92 Å². The van der Waals surface area contributed by atoms with Crippen molar-refractivity contribution >= 4 is 29.1 Å². The summed E-state index contributed by atoms with van der Waals surface area (Å²) in [5.74, 6) is 0.261. The van der Waals surface area contributed by atoms with Crippen molar-refractivity contribution in [2.45, 2.75) is 29.9 Å². The zero-order chi connectivity index (χ0) is 14.1. The average molecular weight is 303 g/mol. The summed E-state index contributed by atoms with van der Waals surface area (Å²) in [7, 11) is 0. The molecular formula is C17H15ClOS. The molecule has 1 nitrogen and oxygen atoms in total. The summed E-state index contributed by atoms with van der Waals surface area (Å²) in [5.41, 5.74) is 3.33. The summed E-state index contributed by atoms with van der Waals surface area (Å²) in [6, 6.07) is 14.1. The third-order valence-corrected chi connectivity index (χ3v) is 5.30. The molecule has 0 fully saturated rings. The van der Waals surface area contributed by atoms with E-state index >= 15 is 0 Å². The number of benzene rings is 2. The fourth-order valence-corrected chi connectivity index (χ4v) is 4.00. The number of aryl methyl sites for hydroxylation is 1. The Hall–Kier alpha value is -1.25. The van der Waals surface area contributed by atoms with Gasteiger partial charge in [0.25, 0.3) is 0 Å². The van der Waals surface area contributed by atoms with E-state index in [0.29, 0.717) is 11.4 Å². The summed E-state index contributed by atoms with van der Waals surface area (Å²) >= 11 is 7.89. The molecule has 0 saturated carbocycles. The first-order valence-electron chi connectivity index (χ1n) is 6.66. The number of fused-ring (bicyclic) bond motifs is 1. The summed E-state index contributed by atoms with van der Waals surface area (Å²) in [5, 5.41) is 0.726. The van der Waals surface area contributed by atoms with E-state index in [2.05, 4.69) is 12.1 Å². The fourth-order valence-electron chi connectivity index (χ4n) is 2.46. The Morgan fingerprint density at radius 1 is 1.30 bits per heavy atom. The number of thioether (sulfide) groups is 1. The Morgan fingerprint density at radius 2 is 2.10 bits per heavy atom. The van der Waals surface area contributed by atoms with Crippen molar-refractivity contribution in [2.24, 2.45) is 0 Å². The van der Waals surface area contributed by atoms with Gasteiger partial charge in [-0.15, -0.1) is 11.8 Å². The Bertz CT molecular complexity index is 641. The van der Waals surface area contributed by atoms with Gasteiger partial charge in [0, 0.05) is 16.3 Å². The molecule has 0 saturated heterocycles. The molecule has 3 rings (SSSR count). The first kappa shape index (κ1) is 13.7. The van der Waals surface area contributed by atoms with Gasteiger partial charge in [0.15, 0.2) is 5.78 Å². The third-order valence-electron chi connectivity index (χ3n) is 3.58. The smallest absolute Gasteiger partial charge is 0.150 e. The highest BCUT2D eigenvalue weighted by molar-refractivity contribution is 8.01. The maximum absolute atomic E-state index is 12.4. The van der Waals surface area contributed by atoms with Crippen LogP contribution in [0.5, 0.6) is 0 Å². The van der Waals surface area contributed by atoms with Crippen molar-refractivity contribution in [1.29, 1.82) is 0 Å². The largest absolute Gasteiger partial charge is 0.298 e. The number of rotatable bonds is 3.